The van der Waals surface area contributed by atoms with Crippen molar-refractivity contribution in [3.05, 3.63) is 53.6 Å². The summed E-state index contributed by atoms with van der Waals surface area (Å²) in [5.41, 5.74) is 8.07. The maximum Gasteiger partial charge on any atom is 0.412 e. The smallest absolute Gasteiger partial charge is 0.412 e. The molecule has 338 valence electrons. The number of nitrogens with two attached hydrogens (primary N) is 1. The van der Waals surface area contributed by atoms with Crippen LogP contribution in [0, 0.1) is 0 Å². The Balaban J connectivity index is 1.63. The van der Waals surface area contributed by atoms with Crippen LogP contribution in [0.4, 0.5) is 21.9 Å². The van der Waals surface area contributed by atoms with Gasteiger partial charge in [-0.2, -0.15) is 0 Å². The third-order valence-electron chi connectivity index (χ3n) is 9.26. The number of hydrogen-bond donors (Lipinski definition) is 7. The third kappa shape index (κ3) is 12.6. The highest BCUT2D eigenvalue weighted by molar-refractivity contribution is 5.98. The number of carbonyl (C=O) groups is 6. The third-order valence-corrected chi connectivity index (χ3v) is 9.26. The summed E-state index contributed by atoms with van der Waals surface area (Å²) in [5.74, 6) is -3.33. The standard InChI is InChI=1S/C41H53N5O16/c1-7-8-9-25(13-15-44-38(52)21(2)18-47)31-27(43-5)17-29-34(58-20-57-29)32(31)46-41(54)56-19-24-10-11-28(26(16-24)45-30(50)12-14-42)61-40-33(51)35(59-22(3)48)36(60-23(4)49)37(62-40)39(53)55-6/h10-11,13,16-17,33,35-37,40,43,47,51H,2,7-9,12,14-15,18-20,42H2,1,3-6H3,(H,44,52)(H,45,50)(H,46,54)/b25-13+/t33-,35-,36+,37+,40-/m1/s1. The molecule has 3 amide bonds. The average molecular weight is 872 g/mol. The summed E-state index contributed by atoms with van der Waals surface area (Å²) >= 11 is 0. The van der Waals surface area contributed by atoms with Gasteiger partial charge < -0.3 is 69.8 Å². The number of hydrogen-bond acceptors (Lipinski definition) is 18. The van der Waals surface area contributed by atoms with Crippen LogP contribution in [-0.2, 0) is 54.3 Å². The number of benzene rings is 2. The van der Waals surface area contributed by atoms with E-state index < -0.39 is 73.1 Å². The van der Waals surface area contributed by atoms with Crippen LogP contribution >= 0.6 is 0 Å². The average Bonchev–Trinajstić information content (AvgIpc) is 3.72. The molecule has 4 rings (SSSR count). The van der Waals surface area contributed by atoms with Crippen LogP contribution in [0.2, 0.25) is 0 Å². The lowest BCUT2D eigenvalue weighted by atomic mass is 9.95. The lowest BCUT2D eigenvalue weighted by Crippen LogP contribution is -2.63. The number of aliphatic hydroxyl groups is 2. The van der Waals surface area contributed by atoms with Gasteiger partial charge in [0.1, 0.15) is 12.4 Å². The molecule has 21 heteroatoms. The zero-order valence-corrected chi connectivity index (χ0v) is 35.0. The number of esters is 3. The van der Waals surface area contributed by atoms with E-state index in [0.717, 1.165) is 39.4 Å². The van der Waals surface area contributed by atoms with Gasteiger partial charge in [-0.1, -0.05) is 32.1 Å². The SMILES string of the molecule is C=C(CO)C(=O)NC/C=C(\CCCC)c1c(NC)cc2c(c1NC(=O)OCc1ccc(O[C@@H]3O[C@H](C(=O)OC)[C@@H](OC(C)=O)[C@H](OC(C)=O)[C@H]3O)c(NC(=O)CCN)c1)OCO2. The van der Waals surface area contributed by atoms with Gasteiger partial charge in [0.2, 0.25) is 24.9 Å². The molecule has 5 atom stereocenters. The summed E-state index contributed by atoms with van der Waals surface area (Å²) in [6.45, 7) is 6.77. The van der Waals surface area contributed by atoms with E-state index in [0.29, 0.717) is 29.0 Å². The molecule has 0 aromatic heterocycles. The number of anilines is 3. The predicted octanol–water partition coefficient (Wildman–Crippen LogP) is 2.23. The molecule has 0 aliphatic carbocycles. The quantitative estimate of drug-likeness (QED) is 0.0570. The van der Waals surface area contributed by atoms with E-state index in [1.165, 1.54) is 18.2 Å². The Morgan fingerprint density at radius 2 is 1.73 bits per heavy atom. The fourth-order valence-electron chi connectivity index (χ4n) is 6.35. The first-order valence-electron chi connectivity index (χ1n) is 19.6. The second kappa shape index (κ2) is 23.0. The topological polar surface area (TPSA) is 291 Å². The van der Waals surface area contributed by atoms with Gasteiger partial charge in [-0.05, 0) is 36.1 Å². The highest BCUT2D eigenvalue weighted by atomic mass is 16.7. The minimum Gasteiger partial charge on any atom is -0.467 e. The molecular weight excluding hydrogens is 818 g/mol. The highest BCUT2D eigenvalue weighted by Crippen LogP contribution is 2.48. The number of amides is 3. The molecule has 8 N–H and O–H groups in total. The zero-order chi connectivity index (χ0) is 45.5. The van der Waals surface area contributed by atoms with E-state index >= 15 is 0 Å². The second-order valence-electron chi connectivity index (χ2n) is 13.8. The molecule has 2 aromatic rings. The van der Waals surface area contributed by atoms with Crippen molar-refractivity contribution in [2.24, 2.45) is 5.73 Å². The number of rotatable bonds is 20. The Morgan fingerprint density at radius 1 is 1.00 bits per heavy atom. The number of nitrogens with one attached hydrogen (secondary N) is 4. The second-order valence-corrected chi connectivity index (χ2v) is 13.8. The molecule has 2 heterocycles. The molecule has 2 aliphatic heterocycles. The molecule has 0 radical (unpaired) electrons. The number of allylic oxidation sites excluding steroid dienone is 1. The summed E-state index contributed by atoms with van der Waals surface area (Å²) in [6, 6.07) is 5.99. The van der Waals surface area contributed by atoms with Crippen molar-refractivity contribution >= 4 is 58.5 Å². The Morgan fingerprint density at radius 3 is 2.37 bits per heavy atom. The van der Waals surface area contributed by atoms with Gasteiger partial charge in [0, 0.05) is 63.3 Å². The number of aliphatic hydroxyl groups excluding tert-OH is 2. The molecule has 62 heavy (non-hydrogen) atoms. The van der Waals surface area contributed by atoms with E-state index in [2.05, 4.69) is 27.8 Å². The van der Waals surface area contributed by atoms with Crippen molar-refractivity contribution in [1.82, 2.24) is 5.32 Å². The van der Waals surface area contributed by atoms with Gasteiger partial charge in [0.25, 0.3) is 0 Å². The van der Waals surface area contributed by atoms with Crippen molar-refractivity contribution in [3.63, 3.8) is 0 Å². The first kappa shape index (κ1) is 48.2. The fraction of sp³-hybridized carbons (Fsp3) is 0.463. The predicted molar refractivity (Wildman–Crippen MR) is 220 cm³/mol. The van der Waals surface area contributed by atoms with E-state index in [1.807, 2.05) is 6.92 Å². The molecule has 2 aromatic carbocycles. The lowest BCUT2D eigenvalue weighted by Gasteiger charge is -2.41. The van der Waals surface area contributed by atoms with Crippen LogP contribution in [0.15, 0.2) is 42.5 Å². The molecule has 1 saturated heterocycles. The summed E-state index contributed by atoms with van der Waals surface area (Å²) in [4.78, 5) is 75.4. The number of methoxy groups -OCH3 is 1. The monoisotopic (exact) mass is 871 g/mol. The van der Waals surface area contributed by atoms with Crippen LogP contribution in [0.1, 0.15) is 57.6 Å². The molecule has 21 nitrogen and oxygen atoms in total. The fourth-order valence-corrected chi connectivity index (χ4v) is 6.35. The van der Waals surface area contributed by atoms with Gasteiger partial charge in [-0.25, -0.2) is 9.59 Å². The molecule has 0 saturated carbocycles. The van der Waals surface area contributed by atoms with Gasteiger partial charge >= 0.3 is 24.0 Å². The van der Waals surface area contributed by atoms with E-state index in [4.69, 9.17) is 43.6 Å². The Hall–Kier alpha value is -6.42. The zero-order valence-electron chi connectivity index (χ0n) is 35.0. The van der Waals surface area contributed by atoms with Gasteiger partial charge in [0.05, 0.1) is 25.1 Å². The summed E-state index contributed by atoms with van der Waals surface area (Å²) in [7, 11) is 2.74. The first-order chi connectivity index (χ1) is 29.6. The van der Waals surface area contributed by atoms with Crippen LogP contribution in [0.5, 0.6) is 17.2 Å². The Labute approximate surface area is 357 Å². The van der Waals surface area contributed by atoms with Crippen LogP contribution < -0.4 is 41.2 Å². The van der Waals surface area contributed by atoms with Crippen molar-refractivity contribution in [2.75, 3.05) is 56.6 Å². The molecule has 1 fully saturated rings. The molecular formula is C41H53N5O16. The van der Waals surface area contributed by atoms with Crippen LogP contribution in [0.25, 0.3) is 5.57 Å². The van der Waals surface area contributed by atoms with E-state index in [9.17, 15) is 39.0 Å². The van der Waals surface area contributed by atoms with Crippen molar-refractivity contribution in [2.45, 2.75) is 83.8 Å². The molecule has 0 unspecified atom stereocenters. The molecule has 2 aliphatic rings. The van der Waals surface area contributed by atoms with Crippen molar-refractivity contribution in [3.8, 4) is 17.2 Å². The van der Waals surface area contributed by atoms with Gasteiger partial charge in [-0.15, -0.1) is 0 Å². The number of ether oxygens (including phenoxy) is 8. The van der Waals surface area contributed by atoms with Gasteiger partial charge in [-0.3, -0.25) is 24.5 Å². The maximum atomic E-state index is 13.6. The largest absolute Gasteiger partial charge is 0.467 e. The van der Waals surface area contributed by atoms with Crippen molar-refractivity contribution in [1.29, 1.82) is 0 Å². The highest BCUT2D eigenvalue weighted by Gasteiger charge is 2.53. The minimum atomic E-state index is -1.84. The maximum absolute atomic E-state index is 13.6. The number of unbranched alkanes of at least 4 members (excludes halogenated alkanes) is 1. The summed E-state index contributed by atoms with van der Waals surface area (Å²) in [5, 5.41) is 31.8. The van der Waals surface area contributed by atoms with E-state index in [1.54, 1.807) is 19.2 Å². The molecule has 0 bridgehead atoms. The summed E-state index contributed by atoms with van der Waals surface area (Å²) < 4.78 is 44.0. The van der Waals surface area contributed by atoms with Crippen molar-refractivity contribution < 1.29 is 76.9 Å². The van der Waals surface area contributed by atoms with Crippen LogP contribution in [-0.4, -0.2) is 117 Å². The van der Waals surface area contributed by atoms with Crippen LogP contribution in [0.3, 0.4) is 0 Å². The number of fused-ring (bicyclic) bond motifs is 1. The Kier molecular flexibility index (Phi) is 17.9. The first-order valence-corrected chi connectivity index (χ1v) is 19.6. The minimum absolute atomic E-state index is 0.000674. The summed E-state index contributed by atoms with van der Waals surface area (Å²) in [6.07, 6.45) is -5.65. The van der Waals surface area contributed by atoms with E-state index in [-0.39, 0.29) is 61.4 Å². The lowest BCUT2D eigenvalue weighted by molar-refractivity contribution is -0.278. The normalized spacial score (nSPS) is 19.0. The Bertz CT molecular complexity index is 2020. The number of carbonyl (C=O) groups excluding carboxylic acids is 6. The van der Waals surface area contributed by atoms with Gasteiger partial charge in [0.15, 0.2) is 35.9 Å². The molecule has 0 spiro atoms.